The van der Waals surface area contributed by atoms with Crippen molar-refractivity contribution in [3.63, 3.8) is 0 Å². The Labute approximate surface area is 172 Å². The molecule has 1 aliphatic heterocycles. The highest BCUT2D eigenvalue weighted by Gasteiger charge is 2.22. The zero-order valence-electron chi connectivity index (χ0n) is 16.4. The van der Waals surface area contributed by atoms with Crippen molar-refractivity contribution in [2.75, 3.05) is 42.3 Å². The van der Waals surface area contributed by atoms with Crippen LogP contribution in [0.1, 0.15) is 17.3 Å². The number of rotatable bonds is 6. The zero-order valence-corrected chi connectivity index (χ0v) is 16.4. The summed E-state index contributed by atoms with van der Waals surface area (Å²) in [6, 6.07) is 10.7. The van der Waals surface area contributed by atoms with Crippen molar-refractivity contribution in [3.05, 3.63) is 58.1 Å². The van der Waals surface area contributed by atoms with Gasteiger partial charge in [0.25, 0.3) is 11.6 Å². The molecule has 1 aliphatic rings. The Hall–Kier alpha value is -3.66. The highest BCUT2D eigenvalue weighted by Crippen LogP contribution is 2.22. The van der Waals surface area contributed by atoms with E-state index in [9.17, 15) is 19.7 Å². The summed E-state index contributed by atoms with van der Waals surface area (Å²) in [7, 11) is 0. The maximum absolute atomic E-state index is 12.4. The molecule has 2 aromatic rings. The molecule has 1 atom stereocenters. The van der Waals surface area contributed by atoms with Crippen LogP contribution in [0.25, 0.3) is 0 Å². The molecule has 1 fully saturated rings. The maximum Gasteiger partial charge on any atom is 0.341 e. The molecular weight excluding hydrogens is 392 g/mol. The first-order valence-corrected chi connectivity index (χ1v) is 9.33. The van der Waals surface area contributed by atoms with Gasteiger partial charge < -0.3 is 25.4 Å². The standard InChI is InChI=1S/C20H22N4O6/c1-13(30-20(26)17-7-6-16(24(27)28)12-18(17)21)19(25)22-14-2-4-15(5-3-14)23-8-10-29-11-9-23/h2-7,12-13H,8-11,21H2,1H3,(H,22,25)/t13-/m0/s1. The highest BCUT2D eigenvalue weighted by molar-refractivity contribution is 5.99. The third kappa shape index (κ3) is 5.03. The molecule has 3 rings (SSSR count). The van der Waals surface area contributed by atoms with Crippen LogP contribution in [0, 0.1) is 10.1 Å². The van der Waals surface area contributed by atoms with Gasteiger partial charge in [0.15, 0.2) is 6.10 Å². The lowest BCUT2D eigenvalue weighted by Crippen LogP contribution is -2.36. The van der Waals surface area contributed by atoms with Crippen LogP contribution < -0.4 is 16.0 Å². The summed E-state index contributed by atoms with van der Waals surface area (Å²) in [5.41, 5.74) is 6.91. The lowest BCUT2D eigenvalue weighted by atomic mass is 10.1. The van der Waals surface area contributed by atoms with Crippen molar-refractivity contribution in [2.24, 2.45) is 0 Å². The smallest absolute Gasteiger partial charge is 0.341 e. The topological polar surface area (TPSA) is 137 Å². The number of nitrogens with one attached hydrogen (secondary N) is 1. The number of amides is 1. The summed E-state index contributed by atoms with van der Waals surface area (Å²) in [5, 5.41) is 13.4. The van der Waals surface area contributed by atoms with Gasteiger partial charge in [-0.3, -0.25) is 14.9 Å². The van der Waals surface area contributed by atoms with Gasteiger partial charge >= 0.3 is 5.97 Å². The van der Waals surface area contributed by atoms with Crippen molar-refractivity contribution < 1.29 is 24.0 Å². The van der Waals surface area contributed by atoms with Crippen molar-refractivity contribution >= 4 is 34.6 Å². The van der Waals surface area contributed by atoms with E-state index in [0.717, 1.165) is 30.9 Å². The first-order chi connectivity index (χ1) is 14.3. The predicted molar refractivity (Wildman–Crippen MR) is 110 cm³/mol. The molecule has 0 bridgehead atoms. The Morgan fingerprint density at radius 2 is 1.87 bits per heavy atom. The number of hydrogen-bond acceptors (Lipinski definition) is 8. The molecule has 0 aliphatic carbocycles. The summed E-state index contributed by atoms with van der Waals surface area (Å²) in [6.45, 7) is 4.41. The number of carbonyl (C=O) groups is 2. The van der Waals surface area contributed by atoms with E-state index in [1.165, 1.54) is 13.0 Å². The fourth-order valence-electron chi connectivity index (χ4n) is 2.95. The van der Waals surface area contributed by atoms with E-state index in [1.54, 1.807) is 12.1 Å². The molecule has 0 unspecified atom stereocenters. The van der Waals surface area contributed by atoms with Crippen molar-refractivity contribution in [1.82, 2.24) is 0 Å². The molecule has 10 nitrogen and oxygen atoms in total. The molecule has 1 heterocycles. The lowest BCUT2D eigenvalue weighted by molar-refractivity contribution is -0.384. The van der Waals surface area contributed by atoms with Crippen LogP contribution in [0.15, 0.2) is 42.5 Å². The van der Waals surface area contributed by atoms with Crippen molar-refractivity contribution in [2.45, 2.75) is 13.0 Å². The normalized spacial score (nSPS) is 14.6. The summed E-state index contributed by atoms with van der Waals surface area (Å²) in [6.07, 6.45) is -1.09. The molecule has 0 radical (unpaired) electrons. The Kier molecular flexibility index (Phi) is 6.48. The van der Waals surface area contributed by atoms with Crippen LogP contribution in [-0.2, 0) is 14.3 Å². The Morgan fingerprint density at radius 3 is 2.47 bits per heavy atom. The number of nitro benzene ring substituents is 1. The molecule has 0 saturated carbocycles. The van der Waals surface area contributed by atoms with Crippen molar-refractivity contribution in [1.29, 1.82) is 0 Å². The summed E-state index contributed by atoms with van der Waals surface area (Å²) < 4.78 is 10.5. The Balaban J connectivity index is 1.57. The molecule has 2 aromatic carbocycles. The third-order valence-corrected chi connectivity index (χ3v) is 4.63. The average molecular weight is 414 g/mol. The predicted octanol–water partition coefficient (Wildman–Crippen LogP) is 2.20. The number of non-ortho nitro benzene ring substituents is 1. The van der Waals surface area contributed by atoms with Gasteiger partial charge in [-0.05, 0) is 37.3 Å². The largest absolute Gasteiger partial charge is 0.449 e. The molecule has 30 heavy (non-hydrogen) atoms. The Bertz CT molecular complexity index is 941. The summed E-state index contributed by atoms with van der Waals surface area (Å²) in [5.74, 6) is -1.35. The number of anilines is 3. The second-order valence-electron chi connectivity index (χ2n) is 6.71. The monoisotopic (exact) mass is 414 g/mol. The van der Waals surface area contributed by atoms with Crippen LogP contribution in [0.3, 0.4) is 0 Å². The van der Waals surface area contributed by atoms with E-state index >= 15 is 0 Å². The van der Waals surface area contributed by atoms with E-state index in [1.807, 2.05) is 12.1 Å². The van der Waals surface area contributed by atoms with E-state index in [0.29, 0.717) is 18.9 Å². The molecule has 158 valence electrons. The second-order valence-corrected chi connectivity index (χ2v) is 6.71. The minimum absolute atomic E-state index is 0.0462. The van der Waals surface area contributed by atoms with Gasteiger partial charge in [0, 0.05) is 36.6 Å². The number of nitrogen functional groups attached to an aromatic ring is 1. The van der Waals surface area contributed by atoms with Crippen LogP contribution in [0.4, 0.5) is 22.7 Å². The molecular formula is C20H22N4O6. The maximum atomic E-state index is 12.4. The van der Waals surface area contributed by atoms with Gasteiger partial charge in [-0.2, -0.15) is 0 Å². The number of hydrogen-bond donors (Lipinski definition) is 2. The number of benzene rings is 2. The number of ether oxygens (including phenoxy) is 2. The molecule has 1 amide bonds. The molecule has 0 aromatic heterocycles. The van der Waals surface area contributed by atoms with Crippen LogP contribution in [-0.4, -0.2) is 49.2 Å². The van der Waals surface area contributed by atoms with E-state index < -0.39 is 22.9 Å². The van der Waals surface area contributed by atoms with Gasteiger partial charge in [0.05, 0.1) is 29.4 Å². The number of morpholine rings is 1. The summed E-state index contributed by atoms with van der Waals surface area (Å²) >= 11 is 0. The van der Waals surface area contributed by atoms with E-state index in [4.69, 9.17) is 15.2 Å². The van der Waals surface area contributed by atoms with Crippen LogP contribution >= 0.6 is 0 Å². The van der Waals surface area contributed by atoms with Gasteiger partial charge in [-0.25, -0.2) is 4.79 Å². The van der Waals surface area contributed by atoms with Gasteiger partial charge in [-0.15, -0.1) is 0 Å². The van der Waals surface area contributed by atoms with E-state index in [2.05, 4.69) is 10.2 Å². The Morgan fingerprint density at radius 1 is 1.20 bits per heavy atom. The number of esters is 1. The number of carbonyl (C=O) groups excluding carboxylic acids is 2. The second kappa shape index (κ2) is 9.23. The van der Waals surface area contributed by atoms with Gasteiger partial charge in [0.2, 0.25) is 0 Å². The quantitative estimate of drug-likeness (QED) is 0.318. The highest BCUT2D eigenvalue weighted by atomic mass is 16.6. The van der Waals surface area contributed by atoms with Gasteiger partial charge in [-0.1, -0.05) is 0 Å². The van der Waals surface area contributed by atoms with Crippen molar-refractivity contribution in [3.8, 4) is 0 Å². The lowest BCUT2D eigenvalue weighted by Gasteiger charge is -2.28. The number of nitrogens with two attached hydrogens (primary N) is 1. The third-order valence-electron chi connectivity index (χ3n) is 4.63. The minimum Gasteiger partial charge on any atom is -0.449 e. The first-order valence-electron chi connectivity index (χ1n) is 9.33. The average Bonchev–Trinajstić information content (AvgIpc) is 2.74. The molecule has 10 heteroatoms. The molecule has 1 saturated heterocycles. The SMILES string of the molecule is C[C@H](OC(=O)c1ccc([N+](=O)[O-])cc1N)C(=O)Nc1ccc(N2CCOCC2)cc1. The van der Waals surface area contributed by atoms with Crippen LogP contribution in [0.2, 0.25) is 0 Å². The van der Waals surface area contributed by atoms with E-state index in [-0.39, 0.29) is 16.9 Å². The fraction of sp³-hybridized carbons (Fsp3) is 0.300. The van der Waals surface area contributed by atoms with Gasteiger partial charge in [0.1, 0.15) is 0 Å². The van der Waals surface area contributed by atoms with Crippen LogP contribution in [0.5, 0.6) is 0 Å². The number of nitro groups is 1. The minimum atomic E-state index is -1.09. The number of nitrogens with zero attached hydrogens (tertiary/aromatic N) is 2. The first kappa shape index (κ1) is 21.1. The zero-order chi connectivity index (χ0) is 21.7. The molecule has 0 spiro atoms. The fourth-order valence-corrected chi connectivity index (χ4v) is 2.95. The molecule has 3 N–H and O–H groups in total. The summed E-state index contributed by atoms with van der Waals surface area (Å²) in [4.78, 5) is 37.0.